The molecule has 0 saturated heterocycles. The molecule has 0 bridgehead atoms. The van der Waals surface area contributed by atoms with Gasteiger partial charge < -0.3 is 4.74 Å². The Morgan fingerprint density at radius 3 is 2.43 bits per heavy atom. The van der Waals surface area contributed by atoms with Crippen molar-refractivity contribution in [3.63, 3.8) is 0 Å². The molecule has 6 aromatic rings. The predicted molar refractivity (Wildman–Crippen MR) is 190 cm³/mol. The van der Waals surface area contributed by atoms with Gasteiger partial charge in [0.1, 0.15) is 17.3 Å². The normalized spacial score (nSPS) is 18.3. The number of pyridine rings is 1. The second-order valence-electron chi connectivity index (χ2n) is 13.5. The van der Waals surface area contributed by atoms with Crippen molar-refractivity contribution in [1.29, 1.82) is 0 Å². The maximum atomic E-state index is 6.70. The number of hydrogen-bond donors (Lipinski definition) is 0. The van der Waals surface area contributed by atoms with Crippen LogP contribution in [0.25, 0.3) is 33.3 Å². The minimum Gasteiger partial charge on any atom is -0.457 e. The predicted octanol–water partition coefficient (Wildman–Crippen LogP) is 10.7. The number of allylic oxidation sites excluding steroid dienone is 2. The molecule has 3 atom stereocenters. The fourth-order valence-electron chi connectivity index (χ4n) is 7.96. The van der Waals surface area contributed by atoms with Crippen LogP contribution in [0.4, 0.5) is 0 Å². The van der Waals surface area contributed by atoms with E-state index in [-0.39, 0.29) is 0 Å². The van der Waals surface area contributed by atoms with E-state index in [0.29, 0.717) is 17.8 Å². The highest BCUT2D eigenvalue weighted by Crippen LogP contribution is 2.43. The largest absolute Gasteiger partial charge is 0.457 e. The Morgan fingerprint density at radius 1 is 0.848 bits per heavy atom. The molecule has 0 radical (unpaired) electrons. The Bertz CT molecular complexity index is 2110. The summed E-state index contributed by atoms with van der Waals surface area (Å²) in [6.45, 7) is 15.7. The average Bonchev–Trinajstić information content (AvgIpc) is 3.50. The summed E-state index contributed by atoms with van der Waals surface area (Å²) in [4.78, 5) is 4.75. The molecule has 1 aliphatic carbocycles. The fourth-order valence-corrected chi connectivity index (χ4v) is 7.96. The minimum atomic E-state index is 0.404. The number of benzene rings is 3. The molecule has 0 saturated carbocycles. The van der Waals surface area contributed by atoms with Gasteiger partial charge in [0.15, 0.2) is 0 Å². The van der Waals surface area contributed by atoms with Crippen LogP contribution in [0.2, 0.25) is 0 Å². The Labute approximate surface area is 272 Å². The van der Waals surface area contributed by atoms with E-state index in [0.717, 1.165) is 52.6 Å². The molecule has 1 aliphatic rings. The van der Waals surface area contributed by atoms with Crippen LogP contribution in [0.15, 0.2) is 90.6 Å². The number of para-hydroxylation sites is 1. The summed E-state index contributed by atoms with van der Waals surface area (Å²) in [6, 6.07) is 25.7. The highest BCUT2D eigenvalue weighted by Gasteiger charge is 2.31. The van der Waals surface area contributed by atoms with Crippen LogP contribution in [-0.2, 0) is 6.42 Å². The first kappa shape index (κ1) is 30.0. The molecule has 0 aliphatic heterocycles. The summed E-state index contributed by atoms with van der Waals surface area (Å²) in [6.07, 6.45) is 7.58. The van der Waals surface area contributed by atoms with Crippen LogP contribution in [0.3, 0.4) is 0 Å². The molecular formula is C41H44N4O. The molecule has 3 aromatic carbocycles. The van der Waals surface area contributed by atoms with Gasteiger partial charge in [-0.2, -0.15) is 5.10 Å². The molecule has 46 heavy (non-hydrogen) atoms. The third kappa shape index (κ3) is 5.32. The van der Waals surface area contributed by atoms with E-state index in [2.05, 4.69) is 131 Å². The quantitative estimate of drug-likeness (QED) is 0.169. The summed E-state index contributed by atoms with van der Waals surface area (Å²) in [7, 11) is 0. The van der Waals surface area contributed by atoms with Crippen molar-refractivity contribution in [2.24, 2.45) is 11.8 Å². The smallest absolute Gasteiger partial charge is 0.137 e. The van der Waals surface area contributed by atoms with E-state index in [1.807, 2.05) is 12.3 Å². The first-order valence-electron chi connectivity index (χ1n) is 16.7. The molecule has 3 aromatic heterocycles. The van der Waals surface area contributed by atoms with Gasteiger partial charge in [0.25, 0.3) is 0 Å². The second kappa shape index (κ2) is 11.9. The maximum absolute atomic E-state index is 6.70. The molecular weight excluding hydrogens is 564 g/mol. The van der Waals surface area contributed by atoms with E-state index in [9.17, 15) is 0 Å². The van der Waals surface area contributed by atoms with Gasteiger partial charge >= 0.3 is 0 Å². The van der Waals surface area contributed by atoms with Gasteiger partial charge in [-0.15, -0.1) is 0 Å². The number of fused-ring (bicyclic) bond motifs is 3. The van der Waals surface area contributed by atoms with Crippen LogP contribution in [-0.4, -0.2) is 19.3 Å². The molecule has 0 N–H and O–H groups in total. The zero-order valence-electron chi connectivity index (χ0n) is 28.1. The minimum absolute atomic E-state index is 0.404. The van der Waals surface area contributed by atoms with Gasteiger partial charge in [0.05, 0.1) is 22.4 Å². The Hall–Kier alpha value is -4.64. The van der Waals surface area contributed by atoms with Gasteiger partial charge in [-0.3, -0.25) is 4.57 Å². The molecule has 0 spiro atoms. The van der Waals surface area contributed by atoms with Crippen molar-refractivity contribution in [1.82, 2.24) is 19.3 Å². The van der Waals surface area contributed by atoms with E-state index in [1.54, 1.807) is 0 Å². The van der Waals surface area contributed by atoms with Crippen LogP contribution in [0.1, 0.15) is 74.5 Å². The van der Waals surface area contributed by atoms with Crippen molar-refractivity contribution in [2.75, 3.05) is 0 Å². The first-order chi connectivity index (χ1) is 22.2. The summed E-state index contributed by atoms with van der Waals surface area (Å²) in [5.41, 5.74) is 10.8. The van der Waals surface area contributed by atoms with Crippen molar-refractivity contribution < 1.29 is 4.74 Å². The van der Waals surface area contributed by atoms with Crippen molar-refractivity contribution in [3.8, 4) is 23.0 Å². The lowest BCUT2D eigenvalue weighted by Crippen LogP contribution is -2.20. The number of aryl methyl sites for hydroxylation is 3. The topological polar surface area (TPSA) is 44.9 Å². The van der Waals surface area contributed by atoms with E-state index in [4.69, 9.17) is 14.8 Å². The van der Waals surface area contributed by atoms with Gasteiger partial charge in [-0.1, -0.05) is 57.0 Å². The van der Waals surface area contributed by atoms with E-state index >= 15 is 0 Å². The third-order valence-electron chi connectivity index (χ3n) is 9.75. The Morgan fingerprint density at radius 2 is 1.65 bits per heavy atom. The standard InChI is InChI=1S/C41H44N4O/c1-8-11-31-21-32(45-30(7)41(29(6)43-45)40-27(4)18-26(3)19-28(40)5)23-34(22-31)46-33-14-15-36-35-12-9-10-13-37(35)44(38(36)24-33)39-20-25(2)16-17-42-39/h9-10,12-18,20-24,26,28,40H,8,11,19H2,1-7H3/t26?,28-,40+/m0/s1. The number of rotatable bonds is 7. The van der Waals surface area contributed by atoms with E-state index in [1.165, 1.54) is 45.2 Å². The second-order valence-corrected chi connectivity index (χ2v) is 13.5. The third-order valence-corrected chi connectivity index (χ3v) is 9.75. The molecule has 3 heterocycles. The van der Waals surface area contributed by atoms with Crippen LogP contribution in [0, 0.1) is 32.6 Å². The summed E-state index contributed by atoms with van der Waals surface area (Å²) >= 11 is 0. The molecule has 0 amide bonds. The van der Waals surface area contributed by atoms with E-state index < -0.39 is 0 Å². The van der Waals surface area contributed by atoms with Gasteiger partial charge in [-0.05, 0) is 106 Å². The number of aromatic nitrogens is 4. The van der Waals surface area contributed by atoms with Crippen LogP contribution >= 0.6 is 0 Å². The summed E-state index contributed by atoms with van der Waals surface area (Å²) in [5.74, 6) is 4.14. The summed E-state index contributed by atoms with van der Waals surface area (Å²) < 4.78 is 11.1. The fraction of sp³-hybridized carbons (Fsp3) is 0.317. The summed E-state index contributed by atoms with van der Waals surface area (Å²) in [5, 5.41) is 7.51. The van der Waals surface area contributed by atoms with Gasteiger partial charge in [0.2, 0.25) is 0 Å². The SMILES string of the molecule is CCCc1cc(Oc2ccc3c4ccccc4n(-c4cc(C)ccn4)c3c2)cc(-n2nc(C)c([C@@H]3C(C)=CC(C)C[C@@H]3C)c2C)c1. The molecule has 5 nitrogen and oxygen atoms in total. The van der Waals surface area contributed by atoms with Gasteiger partial charge in [0, 0.05) is 46.3 Å². The Balaban J connectivity index is 1.31. The van der Waals surface area contributed by atoms with Crippen LogP contribution in [0.5, 0.6) is 11.5 Å². The zero-order chi connectivity index (χ0) is 32.1. The van der Waals surface area contributed by atoms with Crippen LogP contribution < -0.4 is 4.74 Å². The van der Waals surface area contributed by atoms with Crippen molar-refractivity contribution in [3.05, 3.63) is 119 Å². The lowest BCUT2D eigenvalue weighted by atomic mass is 9.72. The molecule has 7 rings (SSSR count). The maximum Gasteiger partial charge on any atom is 0.137 e. The van der Waals surface area contributed by atoms with Crippen molar-refractivity contribution in [2.45, 2.75) is 73.6 Å². The average molecular weight is 609 g/mol. The monoisotopic (exact) mass is 608 g/mol. The molecule has 5 heteroatoms. The highest BCUT2D eigenvalue weighted by atomic mass is 16.5. The van der Waals surface area contributed by atoms with Gasteiger partial charge in [-0.25, -0.2) is 9.67 Å². The molecule has 0 fully saturated rings. The lowest BCUT2D eigenvalue weighted by Gasteiger charge is -2.32. The molecule has 234 valence electrons. The Kier molecular flexibility index (Phi) is 7.80. The van der Waals surface area contributed by atoms with Crippen molar-refractivity contribution >= 4 is 21.8 Å². The first-order valence-corrected chi connectivity index (χ1v) is 16.7. The number of nitrogens with zero attached hydrogens (tertiary/aromatic N) is 4. The number of ether oxygens (including phenoxy) is 1. The lowest BCUT2D eigenvalue weighted by molar-refractivity contribution is 0.390. The highest BCUT2D eigenvalue weighted by molar-refractivity contribution is 6.09. The zero-order valence-corrected chi connectivity index (χ0v) is 28.1. The number of hydrogen-bond acceptors (Lipinski definition) is 3. The molecule has 1 unspecified atom stereocenters.